The highest BCUT2D eigenvalue weighted by Crippen LogP contribution is 2.43. The summed E-state index contributed by atoms with van der Waals surface area (Å²) in [7, 11) is -2.90. The van der Waals surface area contributed by atoms with Crippen LogP contribution in [0.3, 0.4) is 0 Å². The summed E-state index contributed by atoms with van der Waals surface area (Å²) in [5.74, 6) is 0. The SMILES string of the molecule is CCCCOP(C)(=O)OCCC#N. The summed E-state index contributed by atoms with van der Waals surface area (Å²) >= 11 is 0. The van der Waals surface area contributed by atoms with Gasteiger partial charge in [0.2, 0.25) is 0 Å². The Bertz CT molecular complexity index is 212. The zero-order chi connectivity index (χ0) is 10.2. The van der Waals surface area contributed by atoms with Crippen molar-refractivity contribution in [1.82, 2.24) is 0 Å². The highest BCUT2D eigenvalue weighted by molar-refractivity contribution is 7.52. The highest BCUT2D eigenvalue weighted by Gasteiger charge is 2.15. The topological polar surface area (TPSA) is 59.3 Å². The fourth-order valence-electron chi connectivity index (χ4n) is 0.669. The standard InChI is InChI=1S/C8H16NO3P/c1-3-4-7-11-13(2,10)12-8-5-6-9/h3-5,7-8H2,1-2H3. The number of nitrogens with zero attached hydrogens (tertiary/aromatic N) is 1. The van der Waals surface area contributed by atoms with Crippen LogP contribution in [-0.2, 0) is 13.6 Å². The van der Waals surface area contributed by atoms with Gasteiger partial charge in [0.1, 0.15) is 0 Å². The number of nitriles is 1. The average molecular weight is 205 g/mol. The molecule has 0 saturated heterocycles. The summed E-state index contributed by atoms with van der Waals surface area (Å²) < 4.78 is 21.4. The molecule has 76 valence electrons. The lowest BCUT2D eigenvalue weighted by atomic mass is 10.4. The van der Waals surface area contributed by atoms with Crippen molar-refractivity contribution in [3.63, 3.8) is 0 Å². The molecule has 4 nitrogen and oxygen atoms in total. The van der Waals surface area contributed by atoms with Gasteiger partial charge in [-0.05, 0) is 6.42 Å². The third-order valence-electron chi connectivity index (χ3n) is 1.36. The van der Waals surface area contributed by atoms with Gasteiger partial charge in [-0.3, -0.25) is 4.57 Å². The minimum Gasteiger partial charge on any atom is -0.309 e. The molecule has 0 aliphatic heterocycles. The van der Waals surface area contributed by atoms with Gasteiger partial charge in [0, 0.05) is 6.66 Å². The molecule has 0 amide bonds. The van der Waals surface area contributed by atoms with Crippen molar-refractivity contribution < 1.29 is 13.6 Å². The predicted octanol–water partition coefficient (Wildman–Crippen LogP) is 2.56. The average Bonchev–Trinajstić information content (AvgIpc) is 2.05. The smallest absolute Gasteiger partial charge is 0.309 e. The van der Waals surface area contributed by atoms with Crippen LogP contribution in [0.1, 0.15) is 26.2 Å². The molecule has 0 aliphatic rings. The molecular formula is C8H16NO3P. The Morgan fingerprint density at radius 1 is 1.38 bits per heavy atom. The summed E-state index contributed by atoms with van der Waals surface area (Å²) in [6.07, 6.45) is 2.12. The van der Waals surface area contributed by atoms with Crippen molar-refractivity contribution >= 4 is 7.60 Å². The molecule has 0 rings (SSSR count). The lowest BCUT2D eigenvalue weighted by Crippen LogP contribution is -1.97. The number of hydrogen-bond donors (Lipinski definition) is 0. The molecule has 5 heteroatoms. The summed E-state index contributed by atoms with van der Waals surface area (Å²) in [4.78, 5) is 0. The quantitative estimate of drug-likeness (QED) is 0.473. The first kappa shape index (κ1) is 12.6. The van der Waals surface area contributed by atoms with E-state index in [0.717, 1.165) is 12.8 Å². The van der Waals surface area contributed by atoms with Gasteiger partial charge in [-0.1, -0.05) is 13.3 Å². The Kier molecular flexibility index (Phi) is 6.89. The molecule has 1 atom stereocenters. The van der Waals surface area contributed by atoms with Crippen LogP contribution in [0.25, 0.3) is 0 Å². The summed E-state index contributed by atoms with van der Waals surface area (Å²) in [5.41, 5.74) is 0. The summed E-state index contributed by atoms with van der Waals surface area (Å²) in [5, 5.41) is 8.22. The highest BCUT2D eigenvalue weighted by atomic mass is 31.2. The van der Waals surface area contributed by atoms with E-state index in [1.54, 1.807) is 0 Å². The van der Waals surface area contributed by atoms with Gasteiger partial charge in [0.15, 0.2) is 0 Å². The molecule has 0 aromatic heterocycles. The largest absolute Gasteiger partial charge is 0.327 e. The maximum absolute atomic E-state index is 11.4. The van der Waals surface area contributed by atoms with E-state index in [4.69, 9.17) is 14.3 Å². The van der Waals surface area contributed by atoms with E-state index in [-0.39, 0.29) is 13.0 Å². The second kappa shape index (κ2) is 7.08. The Morgan fingerprint density at radius 2 is 2.00 bits per heavy atom. The molecule has 0 spiro atoms. The minimum absolute atomic E-state index is 0.177. The molecule has 0 fully saturated rings. The number of hydrogen-bond acceptors (Lipinski definition) is 4. The molecule has 0 heterocycles. The second-order valence-electron chi connectivity index (χ2n) is 2.70. The van der Waals surface area contributed by atoms with E-state index in [0.29, 0.717) is 6.61 Å². The first-order valence-corrected chi connectivity index (χ1v) is 6.35. The summed E-state index contributed by atoms with van der Waals surface area (Å²) in [6, 6.07) is 1.91. The van der Waals surface area contributed by atoms with Crippen LogP contribution in [0.5, 0.6) is 0 Å². The van der Waals surface area contributed by atoms with Gasteiger partial charge in [0.05, 0.1) is 25.7 Å². The fourth-order valence-corrected chi connectivity index (χ4v) is 1.63. The molecule has 1 unspecified atom stereocenters. The van der Waals surface area contributed by atoms with Crippen LogP contribution in [0.2, 0.25) is 0 Å². The van der Waals surface area contributed by atoms with E-state index in [9.17, 15) is 4.57 Å². The zero-order valence-electron chi connectivity index (χ0n) is 8.15. The fraction of sp³-hybridized carbons (Fsp3) is 0.875. The van der Waals surface area contributed by atoms with Crippen LogP contribution >= 0.6 is 7.60 Å². The molecule has 0 aromatic carbocycles. The van der Waals surface area contributed by atoms with E-state index >= 15 is 0 Å². The molecular weight excluding hydrogens is 189 g/mol. The van der Waals surface area contributed by atoms with Crippen LogP contribution in [0.15, 0.2) is 0 Å². The van der Waals surface area contributed by atoms with Gasteiger partial charge in [-0.2, -0.15) is 5.26 Å². The van der Waals surface area contributed by atoms with Gasteiger partial charge < -0.3 is 9.05 Å². The van der Waals surface area contributed by atoms with E-state index in [2.05, 4.69) is 0 Å². The van der Waals surface area contributed by atoms with Gasteiger partial charge in [0.25, 0.3) is 0 Å². The maximum Gasteiger partial charge on any atom is 0.327 e. The van der Waals surface area contributed by atoms with Crippen LogP contribution in [0.4, 0.5) is 0 Å². The van der Waals surface area contributed by atoms with Crippen molar-refractivity contribution in [2.75, 3.05) is 19.9 Å². The Balaban J connectivity index is 3.56. The lowest BCUT2D eigenvalue weighted by molar-refractivity contribution is 0.210. The van der Waals surface area contributed by atoms with Crippen molar-refractivity contribution in [1.29, 1.82) is 5.26 Å². The van der Waals surface area contributed by atoms with E-state index in [1.807, 2.05) is 13.0 Å². The third-order valence-corrected chi connectivity index (χ3v) is 2.67. The molecule has 0 aromatic rings. The van der Waals surface area contributed by atoms with Crippen molar-refractivity contribution in [2.45, 2.75) is 26.2 Å². The first-order valence-electron chi connectivity index (χ1n) is 4.36. The molecule has 0 N–H and O–H groups in total. The zero-order valence-corrected chi connectivity index (χ0v) is 9.05. The van der Waals surface area contributed by atoms with E-state index < -0.39 is 7.60 Å². The maximum atomic E-state index is 11.4. The molecule has 0 aliphatic carbocycles. The monoisotopic (exact) mass is 205 g/mol. The third kappa shape index (κ3) is 7.98. The van der Waals surface area contributed by atoms with Crippen molar-refractivity contribution in [3.05, 3.63) is 0 Å². The predicted molar refractivity (Wildman–Crippen MR) is 50.6 cm³/mol. The van der Waals surface area contributed by atoms with Crippen LogP contribution in [0, 0.1) is 11.3 Å². The summed E-state index contributed by atoms with van der Waals surface area (Å²) in [6.45, 7) is 4.09. The molecule has 0 bridgehead atoms. The number of unbranched alkanes of at least 4 members (excludes halogenated alkanes) is 1. The van der Waals surface area contributed by atoms with E-state index in [1.165, 1.54) is 6.66 Å². The molecule has 0 radical (unpaired) electrons. The Labute approximate surface area is 79.4 Å². The Hall–Kier alpha value is -0.360. The molecule has 0 saturated carbocycles. The van der Waals surface area contributed by atoms with Crippen molar-refractivity contribution in [2.24, 2.45) is 0 Å². The minimum atomic E-state index is -2.90. The van der Waals surface area contributed by atoms with Crippen LogP contribution in [-0.4, -0.2) is 19.9 Å². The van der Waals surface area contributed by atoms with Gasteiger partial charge in [-0.15, -0.1) is 0 Å². The first-order chi connectivity index (χ1) is 6.12. The number of rotatable bonds is 7. The van der Waals surface area contributed by atoms with Gasteiger partial charge in [-0.25, -0.2) is 0 Å². The Morgan fingerprint density at radius 3 is 2.54 bits per heavy atom. The van der Waals surface area contributed by atoms with Crippen molar-refractivity contribution in [3.8, 4) is 6.07 Å². The normalized spacial score (nSPS) is 14.8. The lowest BCUT2D eigenvalue weighted by Gasteiger charge is -2.12. The molecule has 13 heavy (non-hydrogen) atoms. The second-order valence-corrected chi connectivity index (χ2v) is 4.76. The van der Waals surface area contributed by atoms with Crippen LogP contribution < -0.4 is 0 Å². The van der Waals surface area contributed by atoms with Gasteiger partial charge >= 0.3 is 7.60 Å².